The first kappa shape index (κ1) is 14.5. The van der Waals surface area contributed by atoms with Gasteiger partial charge in [-0.15, -0.1) is 0 Å². The van der Waals surface area contributed by atoms with Gasteiger partial charge < -0.3 is 10.1 Å². The second kappa shape index (κ2) is 6.04. The highest BCUT2D eigenvalue weighted by Gasteiger charge is 2.10. The van der Waals surface area contributed by atoms with Gasteiger partial charge in [0.2, 0.25) is 0 Å². The molecule has 0 aliphatic rings. The Morgan fingerprint density at radius 3 is 2.55 bits per heavy atom. The van der Waals surface area contributed by atoms with Gasteiger partial charge in [0.15, 0.2) is 0 Å². The van der Waals surface area contributed by atoms with Crippen molar-refractivity contribution in [3.63, 3.8) is 0 Å². The first-order valence-corrected chi connectivity index (χ1v) is 6.61. The summed E-state index contributed by atoms with van der Waals surface area (Å²) in [7, 11) is 1.56. The molecule has 0 bridgehead atoms. The zero-order chi connectivity index (χ0) is 14.7. The number of hydrogen-bond acceptors (Lipinski definition) is 3. The molecule has 0 atom stereocenters. The van der Waals surface area contributed by atoms with E-state index in [1.54, 1.807) is 31.4 Å². The summed E-state index contributed by atoms with van der Waals surface area (Å²) in [5.74, 6) is 0.601. The fourth-order valence-electron chi connectivity index (χ4n) is 1.79. The van der Waals surface area contributed by atoms with E-state index in [2.05, 4.69) is 11.4 Å². The molecular weight excluding hydrogens is 295 g/mol. The Bertz CT molecular complexity index is 693. The summed E-state index contributed by atoms with van der Waals surface area (Å²) in [6, 6.07) is 10.8. The minimum Gasteiger partial charge on any atom is -0.495 e. The summed E-state index contributed by atoms with van der Waals surface area (Å²) >= 11 is 12.0. The lowest BCUT2D eigenvalue weighted by molar-refractivity contribution is 0.417. The summed E-state index contributed by atoms with van der Waals surface area (Å²) in [5.41, 5.74) is 2.77. The number of ether oxygens (including phenoxy) is 1. The molecule has 2 aromatic carbocycles. The smallest absolute Gasteiger partial charge is 0.143 e. The van der Waals surface area contributed by atoms with Crippen molar-refractivity contribution in [2.45, 2.75) is 6.92 Å². The van der Waals surface area contributed by atoms with Gasteiger partial charge in [0, 0.05) is 16.1 Å². The molecule has 20 heavy (non-hydrogen) atoms. The van der Waals surface area contributed by atoms with Crippen molar-refractivity contribution in [1.82, 2.24) is 0 Å². The zero-order valence-electron chi connectivity index (χ0n) is 11.0. The van der Waals surface area contributed by atoms with Gasteiger partial charge in [-0.05, 0) is 36.8 Å². The summed E-state index contributed by atoms with van der Waals surface area (Å²) in [5, 5.41) is 13.5. The zero-order valence-corrected chi connectivity index (χ0v) is 12.5. The van der Waals surface area contributed by atoms with Crippen molar-refractivity contribution in [2.24, 2.45) is 0 Å². The molecule has 3 nitrogen and oxygen atoms in total. The summed E-state index contributed by atoms with van der Waals surface area (Å²) in [6.45, 7) is 1.90. The van der Waals surface area contributed by atoms with Gasteiger partial charge in [-0.2, -0.15) is 5.26 Å². The Labute approximate surface area is 127 Å². The number of methoxy groups -OCH3 is 1. The Morgan fingerprint density at radius 2 is 1.90 bits per heavy atom. The molecule has 0 radical (unpaired) electrons. The van der Waals surface area contributed by atoms with Gasteiger partial charge in [0.1, 0.15) is 11.8 Å². The third kappa shape index (κ3) is 2.98. The van der Waals surface area contributed by atoms with Gasteiger partial charge in [-0.3, -0.25) is 0 Å². The van der Waals surface area contributed by atoms with Crippen LogP contribution in [-0.2, 0) is 0 Å². The van der Waals surface area contributed by atoms with E-state index in [0.29, 0.717) is 27.0 Å². The van der Waals surface area contributed by atoms with Crippen LogP contribution < -0.4 is 10.1 Å². The molecule has 0 heterocycles. The van der Waals surface area contributed by atoms with Crippen LogP contribution in [0.5, 0.6) is 5.75 Å². The number of benzene rings is 2. The van der Waals surface area contributed by atoms with Crippen molar-refractivity contribution in [3.05, 3.63) is 51.5 Å². The number of aryl methyl sites for hydroxylation is 1. The number of nitrogens with zero attached hydrogens (tertiary/aromatic N) is 1. The summed E-state index contributed by atoms with van der Waals surface area (Å²) in [6.07, 6.45) is 0. The average Bonchev–Trinajstić information content (AvgIpc) is 2.43. The fraction of sp³-hybridized carbons (Fsp3) is 0.133. The number of rotatable bonds is 3. The van der Waals surface area contributed by atoms with Gasteiger partial charge in [-0.1, -0.05) is 23.2 Å². The van der Waals surface area contributed by atoms with Crippen LogP contribution in [0.4, 0.5) is 11.4 Å². The maximum atomic E-state index is 9.13. The Balaban J connectivity index is 2.47. The van der Waals surface area contributed by atoms with Crippen molar-refractivity contribution in [2.75, 3.05) is 12.4 Å². The van der Waals surface area contributed by atoms with Crippen molar-refractivity contribution in [1.29, 1.82) is 5.26 Å². The van der Waals surface area contributed by atoms with Crippen LogP contribution in [0.15, 0.2) is 30.3 Å². The van der Waals surface area contributed by atoms with Crippen molar-refractivity contribution in [3.8, 4) is 11.8 Å². The number of nitrogens with one attached hydrogen (secondary N) is 1. The molecule has 0 saturated carbocycles. The third-order valence-electron chi connectivity index (χ3n) is 2.85. The molecule has 1 N–H and O–H groups in total. The second-order valence-corrected chi connectivity index (χ2v) is 5.07. The second-order valence-electron chi connectivity index (χ2n) is 4.23. The molecule has 102 valence electrons. The number of halogens is 2. The summed E-state index contributed by atoms with van der Waals surface area (Å²) in [4.78, 5) is 0. The van der Waals surface area contributed by atoms with Crippen LogP contribution in [0.3, 0.4) is 0 Å². The molecule has 2 rings (SSSR count). The maximum Gasteiger partial charge on any atom is 0.143 e. The maximum absolute atomic E-state index is 9.13. The molecule has 0 aliphatic heterocycles. The molecule has 0 aliphatic carbocycles. The number of hydrogen-bond donors (Lipinski definition) is 1. The topological polar surface area (TPSA) is 45.0 Å². The van der Waals surface area contributed by atoms with Crippen LogP contribution in [0.2, 0.25) is 10.0 Å². The van der Waals surface area contributed by atoms with E-state index in [1.807, 2.05) is 13.0 Å². The van der Waals surface area contributed by atoms with Crippen molar-refractivity contribution < 1.29 is 4.74 Å². The van der Waals surface area contributed by atoms with E-state index >= 15 is 0 Å². The van der Waals surface area contributed by atoms with Crippen LogP contribution in [0.25, 0.3) is 0 Å². The largest absolute Gasteiger partial charge is 0.495 e. The molecule has 0 spiro atoms. The van der Waals surface area contributed by atoms with Crippen LogP contribution in [-0.4, -0.2) is 7.11 Å². The van der Waals surface area contributed by atoms with E-state index in [4.69, 9.17) is 33.2 Å². The van der Waals surface area contributed by atoms with E-state index in [1.165, 1.54) is 0 Å². The predicted molar refractivity (Wildman–Crippen MR) is 82.2 cm³/mol. The molecule has 0 saturated heterocycles. The number of anilines is 2. The van der Waals surface area contributed by atoms with Crippen molar-refractivity contribution >= 4 is 34.6 Å². The molecule has 0 unspecified atom stereocenters. The normalized spacial score (nSPS) is 9.95. The summed E-state index contributed by atoms with van der Waals surface area (Å²) < 4.78 is 5.29. The fourth-order valence-corrected chi connectivity index (χ4v) is 2.12. The molecule has 5 heteroatoms. The van der Waals surface area contributed by atoms with Crippen LogP contribution in [0, 0.1) is 18.3 Å². The standard InChI is InChI=1S/C15H12Cl2N2O/c1-9-5-14(15(20-2)7-12(9)17)19-13-6-11(16)4-3-10(13)8-18/h3-7,19H,1-2H3. The van der Waals surface area contributed by atoms with Gasteiger partial charge >= 0.3 is 0 Å². The lowest BCUT2D eigenvalue weighted by atomic mass is 10.1. The molecule has 0 aromatic heterocycles. The van der Waals surface area contributed by atoms with Crippen LogP contribution >= 0.6 is 23.2 Å². The van der Waals surface area contributed by atoms with E-state index in [0.717, 1.165) is 11.3 Å². The SMILES string of the molecule is COc1cc(Cl)c(C)cc1Nc1cc(Cl)ccc1C#N. The molecular formula is C15H12Cl2N2O. The Morgan fingerprint density at radius 1 is 1.15 bits per heavy atom. The lowest BCUT2D eigenvalue weighted by Gasteiger charge is -2.14. The highest BCUT2D eigenvalue weighted by Crippen LogP contribution is 2.34. The number of nitriles is 1. The van der Waals surface area contributed by atoms with Gasteiger partial charge in [-0.25, -0.2) is 0 Å². The average molecular weight is 307 g/mol. The van der Waals surface area contributed by atoms with E-state index < -0.39 is 0 Å². The molecule has 2 aromatic rings. The minimum atomic E-state index is 0.504. The van der Waals surface area contributed by atoms with E-state index in [9.17, 15) is 0 Å². The predicted octanol–water partition coefficient (Wildman–Crippen LogP) is 4.93. The minimum absolute atomic E-state index is 0.504. The Kier molecular flexibility index (Phi) is 4.39. The lowest BCUT2D eigenvalue weighted by Crippen LogP contribution is -1.98. The Hall–Kier alpha value is -1.89. The third-order valence-corrected chi connectivity index (χ3v) is 3.49. The van der Waals surface area contributed by atoms with Gasteiger partial charge in [0.05, 0.1) is 24.0 Å². The van der Waals surface area contributed by atoms with Crippen LogP contribution in [0.1, 0.15) is 11.1 Å². The highest BCUT2D eigenvalue weighted by molar-refractivity contribution is 6.31. The molecule has 0 fully saturated rings. The molecule has 0 amide bonds. The quantitative estimate of drug-likeness (QED) is 0.875. The monoisotopic (exact) mass is 306 g/mol. The van der Waals surface area contributed by atoms with E-state index in [-0.39, 0.29) is 0 Å². The van der Waals surface area contributed by atoms with Gasteiger partial charge in [0.25, 0.3) is 0 Å². The first-order chi connectivity index (χ1) is 9.55. The first-order valence-electron chi connectivity index (χ1n) is 5.86. The highest BCUT2D eigenvalue weighted by atomic mass is 35.5.